The molecule has 1 saturated heterocycles. The number of ether oxygens (including phenoxy) is 1. The van der Waals surface area contributed by atoms with E-state index >= 15 is 0 Å². The minimum absolute atomic E-state index is 0.0260. The first kappa shape index (κ1) is 20.6. The Morgan fingerprint density at radius 3 is 2.55 bits per heavy atom. The number of amides is 2. The van der Waals surface area contributed by atoms with Gasteiger partial charge in [-0.3, -0.25) is 9.59 Å². The van der Waals surface area contributed by atoms with Crippen molar-refractivity contribution in [3.8, 4) is 5.75 Å². The molecule has 2 saturated carbocycles. The molecule has 6 rings (SSSR count). The lowest BCUT2D eigenvalue weighted by Crippen LogP contribution is -2.45. The molecule has 0 radical (unpaired) electrons. The number of carbonyl (C=O) groups is 2. The first-order chi connectivity index (χ1) is 15.0. The SMILES string of the molecule is CC1(CNC(=O)c2cccc(OC3CCN(C(=O)C4CC4)CC3)c2)CC2C=CC1CC2. The van der Waals surface area contributed by atoms with Gasteiger partial charge in [0.25, 0.3) is 5.91 Å². The zero-order chi connectivity index (χ0) is 21.4. The van der Waals surface area contributed by atoms with Crippen molar-refractivity contribution >= 4 is 11.8 Å². The van der Waals surface area contributed by atoms with Gasteiger partial charge in [-0.1, -0.05) is 25.1 Å². The van der Waals surface area contributed by atoms with E-state index in [0.717, 1.165) is 51.1 Å². The van der Waals surface area contributed by atoms with Crippen LogP contribution in [0.4, 0.5) is 0 Å². The van der Waals surface area contributed by atoms with Gasteiger partial charge in [0, 0.05) is 44.0 Å². The largest absolute Gasteiger partial charge is 0.490 e. The number of nitrogens with zero attached hydrogens (tertiary/aromatic N) is 1. The van der Waals surface area contributed by atoms with Gasteiger partial charge in [-0.2, -0.15) is 0 Å². The van der Waals surface area contributed by atoms with Crippen molar-refractivity contribution in [2.45, 2.75) is 58.0 Å². The predicted octanol–water partition coefficient (Wildman–Crippen LogP) is 4.19. The van der Waals surface area contributed by atoms with E-state index in [1.54, 1.807) is 0 Å². The molecule has 1 heterocycles. The van der Waals surface area contributed by atoms with E-state index in [-0.39, 0.29) is 23.3 Å². The fraction of sp³-hybridized carbons (Fsp3) is 0.615. The molecular weight excluding hydrogens is 388 g/mol. The van der Waals surface area contributed by atoms with Crippen LogP contribution in [0.25, 0.3) is 0 Å². The van der Waals surface area contributed by atoms with Crippen LogP contribution < -0.4 is 10.1 Å². The summed E-state index contributed by atoms with van der Waals surface area (Å²) in [6.07, 6.45) is 12.3. The molecule has 1 aromatic rings. The predicted molar refractivity (Wildman–Crippen MR) is 120 cm³/mol. The Morgan fingerprint density at radius 1 is 1.10 bits per heavy atom. The van der Waals surface area contributed by atoms with E-state index < -0.39 is 0 Å². The highest BCUT2D eigenvalue weighted by Gasteiger charge is 2.41. The summed E-state index contributed by atoms with van der Waals surface area (Å²) in [5.41, 5.74) is 0.812. The van der Waals surface area contributed by atoms with Crippen LogP contribution in [0.3, 0.4) is 0 Å². The van der Waals surface area contributed by atoms with E-state index in [9.17, 15) is 9.59 Å². The molecule has 3 unspecified atom stereocenters. The molecule has 2 bridgehead atoms. The number of hydrogen-bond acceptors (Lipinski definition) is 3. The maximum atomic E-state index is 12.8. The summed E-state index contributed by atoms with van der Waals surface area (Å²) in [5.74, 6) is 2.58. The number of allylic oxidation sites excluding steroid dienone is 2. The second-order valence-corrected chi connectivity index (χ2v) is 10.3. The molecule has 3 atom stereocenters. The van der Waals surface area contributed by atoms with Gasteiger partial charge in [0.2, 0.25) is 5.91 Å². The molecule has 0 aromatic heterocycles. The van der Waals surface area contributed by atoms with Crippen molar-refractivity contribution < 1.29 is 14.3 Å². The normalized spacial score (nSPS) is 30.3. The second-order valence-electron chi connectivity index (χ2n) is 10.3. The second kappa shape index (κ2) is 8.33. The fourth-order valence-corrected chi connectivity index (χ4v) is 5.65. The quantitative estimate of drug-likeness (QED) is 0.700. The molecule has 0 spiro atoms. The highest BCUT2D eigenvalue weighted by molar-refractivity contribution is 5.94. The average Bonchev–Trinajstić information content (AvgIpc) is 3.64. The van der Waals surface area contributed by atoms with Crippen molar-refractivity contribution in [3.63, 3.8) is 0 Å². The Morgan fingerprint density at radius 2 is 1.90 bits per heavy atom. The summed E-state index contributed by atoms with van der Waals surface area (Å²) in [4.78, 5) is 27.1. The molecule has 1 N–H and O–H groups in total. The van der Waals surface area contributed by atoms with Crippen LogP contribution in [0.2, 0.25) is 0 Å². The van der Waals surface area contributed by atoms with Gasteiger partial charge in [0.1, 0.15) is 11.9 Å². The van der Waals surface area contributed by atoms with Crippen LogP contribution >= 0.6 is 0 Å². The van der Waals surface area contributed by atoms with Crippen molar-refractivity contribution in [2.24, 2.45) is 23.2 Å². The molecule has 5 heteroatoms. The maximum Gasteiger partial charge on any atom is 0.251 e. The Bertz CT molecular complexity index is 869. The Kier molecular flexibility index (Phi) is 5.53. The molecule has 5 aliphatic rings. The number of piperidine rings is 1. The first-order valence-electron chi connectivity index (χ1n) is 12.0. The van der Waals surface area contributed by atoms with Crippen molar-refractivity contribution in [2.75, 3.05) is 19.6 Å². The zero-order valence-electron chi connectivity index (χ0n) is 18.5. The number of fused-ring (bicyclic) bond motifs is 2. The van der Waals surface area contributed by atoms with Gasteiger partial charge in [0.15, 0.2) is 0 Å². The maximum absolute atomic E-state index is 12.8. The standard InChI is InChI=1S/C26H34N2O3/c1-26(16-18-5-9-21(26)10-6-18)17-27-24(29)20-3-2-4-23(15-20)31-22-11-13-28(14-12-22)25(30)19-7-8-19/h2-5,9,15,18-19,21-22H,6-8,10-14,16-17H2,1H3,(H,27,29). The summed E-state index contributed by atoms with van der Waals surface area (Å²) < 4.78 is 6.18. The van der Waals surface area contributed by atoms with Gasteiger partial charge in [0.05, 0.1) is 0 Å². The van der Waals surface area contributed by atoms with Gasteiger partial charge < -0.3 is 15.0 Å². The molecule has 1 aromatic carbocycles. The molecule has 31 heavy (non-hydrogen) atoms. The lowest BCUT2D eigenvalue weighted by atomic mass is 9.60. The number of likely N-dealkylation sites (tertiary alicyclic amines) is 1. The van der Waals surface area contributed by atoms with Crippen LogP contribution in [0.1, 0.15) is 62.2 Å². The third kappa shape index (κ3) is 4.51. The molecule has 5 nitrogen and oxygen atoms in total. The molecule has 1 aliphatic heterocycles. The van der Waals surface area contributed by atoms with Crippen LogP contribution in [-0.4, -0.2) is 42.5 Å². The third-order valence-corrected chi connectivity index (χ3v) is 7.82. The number of carbonyl (C=O) groups excluding carboxylic acids is 2. The Balaban J connectivity index is 1.13. The molecule has 3 fully saturated rings. The number of benzene rings is 1. The summed E-state index contributed by atoms with van der Waals surface area (Å²) in [7, 11) is 0. The third-order valence-electron chi connectivity index (χ3n) is 7.82. The van der Waals surface area contributed by atoms with Crippen LogP contribution in [0, 0.1) is 23.2 Å². The minimum Gasteiger partial charge on any atom is -0.490 e. The Labute approximate surface area is 185 Å². The van der Waals surface area contributed by atoms with Gasteiger partial charge in [-0.05, 0) is 67.6 Å². The van der Waals surface area contributed by atoms with E-state index in [1.165, 1.54) is 19.3 Å². The summed E-state index contributed by atoms with van der Waals surface area (Å²) >= 11 is 0. The summed E-state index contributed by atoms with van der Waals surface area (Å²) in [5, 5.41) is 3.19. The first-order valence-corrected chi connectivity index (χ1v) is 12.0. The number of nitrogens with one attached hydrogen (secondary N) is 1. The van der Waals surface area contributed by atoms with E-state index in [2.05, 4.69) is 24.4 Å². The molecule has 166 valence electrons. The van der Waals surface area contributed by atoms with E-state index in [4.69, 9.17) is 4.74 Å². The highest BCUT2D eigenvalue weighted by Crippen LogP contribution is 2.48. The lowest BCUT2D eigenvalue weighted by molar-refractivity contribution is -0.134. The van der Waals surface area contributed by atoms with Crippen molar-refractivity contribution in [1.29, 1.82) is 0 Å². The minimum atomic E-state index is -0.0260. The van der Waals surface area contributed by atoms with Gasteiger partial charge in [-0.25, -0.2) is 0 Å². The van der Waals surface area contributed by atoms with Gasteiger partial charge in [-0.15, -0.1) is 0 Å². The van der Waals surface area contributed by atoms with Gasteiger partial charge >= 0.3 is 0 Å². The molecule has 2 amide bonds. The number of hydrogen-bond donors (Lipinski definition) is 1. The molecule has 4 aliphatic carbocycles. The average molecular weight is 423 g/mol. The van der Waals surface area contributed by atoms with Crippen LogP contribution in [-0.2, 0) is 4.79 Å². The lowest BCUT2D eigenvalue weighted by Gasteiger charge is -2.46. The molecular formula is C26H34N2O3. The van der Waals surface area contributed by atoms with Crippen molar-refractivity contribution in [1.82, 2.24) is 10.2 Å². The zero-order valence-corrected chi connectivity index (χ0v) is 18.5. The fourth-order valence-electron chi connectivity index (χ4n) is 5.65. The smallest absolute Gasteiger partial charge is 0.251 e. The summed E-state index contributed by atoms with van der Waals surface area (Å²) in [6.45, 7) is 4.58. The van der Waals surface area contributed by atoms with E-state index in [0.29, 0.717) is 23.3 Å². The van der Waals surface area contributed by atoms with Crippen LogP contribution in [0.15, 0.2) is 36.4 Å². The van der Waals surface area contributed by atoms with E-state index in [1.807, 2.05) is 29.2 Å². The van der Waals surface area contributed by atoms with Crippen LogP contribution in [0.5, 0.6) is 5.75 Å². The van der Waals surface area contributed by atoms with Crippen molar-refractivity contribution in [3.05, 3.63) is 42.0 Å². The Hall–Kier alpha value is -2.30. The highest BCUT2D eigenvalue weighted by atomic mass is 16.5. The topological polar surface area (TPSA) is 58.6 Å². The number of rotatable bonds is 6. The monoisotopic (exact) mass is 422 g/mol. The summed E-state index contributed by atoms with van der Waals surface area (Å²) in [6, 6.07) is 7.52.